The lowest BCUT2D eigenvalue weighted by Crippen LogP contribution is -2.14. The number of amides is 1. The molecule has 0 aromatic heterocycles. The van der Waals surface area contributed by atoms with Gasteiger partial charge in [-0.25, -0.2) is 0 Å². The van der Waals surface area contributed by atoms with Crippen LogP contribution < -0.4 is 0 Å². The fraction of sp³-hybridized carbons (Fsp3) is 0.800. The highest BCUT2D eigenvalue weighted by atomic mass is 79.9. The normalized spacial score (nSPS) is 8.88. The van der Waals surface area contributed by atoms with Crippen molar-refractivity contribution in [1.82, 2.24) is 3.93 Å². The minimum Gasteiger partial charge on any atom is -0.282 e. The Bertz CT molecular complexity index is 82.5. The largest absolute Gasteiger partial charge is 0.282 e. The summed E-state index contributed by atoms with van der Waals surface area (Å²) < 4.78 is 1.43. The molecule has 0 radical (unpaired) electrons. The summed E-state index contributed by atoms with van der Waals surface area (Å²) in [5, 5.41) is 0. The van der Waals surface area contributed by atoms with Crippen LogP contribution in [0, 0.1) is 0 Å². The van der Waals surface area contributed by atoms with Crippen molar-refractivity contribution in [2.24, 2.45) is 0 Å². The van der Waals surface area contributed by atoms with Crippen LogP contribution in [0.15, 0.2) is 0 Å². The van der Waals surface area contributed by atoms with Crippen LogP contribution in [0.1, 0.15) is 19.8 Å². The molecule has 0 heterocycles. The topological polar surface area (TPSA) is 20.3 Å². The third kappa shape index (κ3) is 3.02. The zero-order chi connectivity index (χ0) is 6.57. The molecule has 0 aliphatic rings. The predicted molar refractivity (Wildman–Crippen MR) is 36.6 cm³/mol. The van der Waals surface area contributed by atoms with Crippen molar-refractivity contribution in [2.45, 2.75) is 19.8 Å². The van der Waals surface area contributed by atoms with Crippen LogP contribution in [-0.4, -0.2) is 16.9 Å². The molecule has 0 saturated carbocycles. The monoisotopic (exact) mass is 179 g/mol. The maximum absolute atomic E-state index is 10.6. The average molecular weight is 180 g/mol. The molecule has 0 spiro atoms. The van der Waals surface area contributed by atoms with Gasteiger partial charge in [-0.3, -0.25) is 8.72 Å². The Morgan fingerprint density at radius 1 is 1.75 bits per heavy atom. The van der Waals surface area contributed by atoms with E-state index in [-0.39, 0.29) is 5.91 Å². The molecule has 3 heteroatoms. The molecule has 0 aliphatic carbocycles. The molecule has 0 atom stereocenters. The Balaban J connectivity index is 3.33. The molecule has 0 bridgehead atoms. The van der Waals surface area contributed by atoms with Gasteiger partial charge >= 0.3 is 0 Å². The summed E-state index contributed by atoms with van der Waals surface area (Å²) in [5.74, 6) is 0.132. The van der Waals surface area contributed by atoms with Crippen LogP contribution in [0.5, 0.6) is 0 Å². The Hall–Kier alpha value is -0.0500. The van der Waals surface area contributed by atoms with Gasteiger partial charge in [0.1, 0.15) is 0 Å². The zero-order valence-corrected chi connectivity index (χ0v) is 6.73. The lowest BCUT2D eigenvalue weighted by atomic mass is 10.3. The van der Waals surface area contributed by atoms with Gasteiger partial charge in [0, 0.05) is 13.5 Å². The summed E-state index contributed by atoms with van der Waals surface area (Å²) in [5.41, 5.74) is 0. The predicted octanol–water partition coefficient (Wildman–Crippen LogP) is 1.55. The van der Waals surface area contributed by atoms with Gasteiger partial charge in [-0.2, -0.15) is 0 Å². The fourth-order valence-corrected chi connectivity index (χ4v) is 0.545. The van der Waals surface area contributed by atoms with E-state index in [0.29, 0.717) is 6.42 Å². The quantitative estimate of drug-likeness (QED) is 0.590. The third-order valence-corrected chi connectivity index (χ3v) is 1.20. The van der Waals surface area contributed by atoms with Crippen molar-refractivity contribution in [1.29, 1.82) is 0 Å². The average Bonchev–Trinajstić information content (AvgIpc) is 1.67. The number of rotatable bonds is 2. The van der Waals surface area contributed by atoms with Gasteiger partial charge in [-0.1, -0.05) is 6.92 Å². The van der Waals surface area contributed by atoms with E-state index in [9.17, 15) is 4.79 Å². The molecule has 0 aromatic rings. The van der Waals surface area contributed by atoms with Crippen LogP contribution >= 0.6 is 16.1 Å². The van der Waals surface area contributed by atoms with E-state index in [1.54, 1.807) is 7.05 Å². The molecule has 0 unspecified atom stereocenters. The van der Waals surface area contributed by atoms with Crippen LogP contribution in [0.4, 0.5) is 0 Å². The Morgan fingerprint density at radius 2 is 2.25 bits per heavy atom. The fourth-order valence-electron chi connectivity index (χ4n) is 0.368. The molecule has 0 N–H and O–H groups in total. The molecule has 0 saturated heterocycles. The Kier molecular flexibility index (Phi) is 3.87. The number of nitrogens with zero attached hydrogens (tertiary/aromatic N) is 1. The summed E-state index contributed by atoms with van der Waals surface area (Å²) >= 11 is 3.02. The molecule has 0 rings (SSSR count). The summed E-state index contributed by atoms with van der Waals surface area (Å²) in [6.45, 7) is 1.98. The van der Waals surface area contributed by atoms with Crippen molar-refractivity contribution >= 4 is 22.1 Å². The molecule has 8 heavy (non-hydrogen) atoms. The van der Waals surface area contributed by atoms with E-state index in [2.05, 4.69) is 16.1 Å². The van der Waals surface area contributed by atoms with Crippen LogP contribution in [0.25, 0.3) is 0 Å². The summed E-state index contributed by atoms with van der Waals surface area (Å²) in [6, 6.07) is 0. The van der Waals surface area contributed by atoms with E-state index >= 15 is 0 Å². The van der Waals surface area contributed by atoms with Gasteiger partial charge in [0.2, 0.25) is 5.91 Å². The van der Waals surface area contributed by atoms with Gasteiger partial charge < -0.3 is 0 Å². The maximum atomic E-state index is 10.6. The Labute approximate surface area is 58.2 Å². The lowest BCUT2D eigenvalue weighted by Gasteiger charge is -2.04. The van der Waals surface area contributed by atoms with Crippen molar-refractivity contribution in [3.63, 3.8) is 0 Å². The van der Waals surface area contributed by atoms with E-state index in [1.807, 2.05) is 6.92 Å². The second-order valence-electron chi connectivity index (χ2n) is 1.62. The molecule has 2 nitrogen and oxygen atoms in total. The van der Waals surface area contributed by atoms with Crippen LogP contribution in [0.3, 0.4) is 0 Å². The second kappa shape index (κ2) is 3.89. The first-order chi connectivity index (χ1) is 3.68. The molecule has 0 fully saturated rings. The van der Waals surface area contributed by atoms with Gasteiger partial charge in [0.15, 0.2) is 0 Å². The second-order valence-corrected chi connectivity index (χ2v) is 2.68. The highest BCUT2D eigenvalue weighted by Crippen LogP contribution is 1.98. The van der Waals surface area contributed by atoms with Crippen molar-refractivity contribution in [3.8, 4) is 0 Å². The number of carbonyl (C=O) groups is 1. The van der Waals surface area contributed by atoms with Gasteiger partial charge in [-0.05, 0) is 6.42 Å². The van der Waals surface area contributed by atoms with Crippen LogP contribution in [-0.2, 0) is 4.79 Å². The minimum absolute atomic E-state index is 0.132. The highest BCUT2D eigenvalue weighted by Gasteiger charge is 2.00. The molecule has 1 amide bonds. The number of carbonyl (C=O) groups excluding carboxylic acids is 1. The first-order valence-corrected chi connectivity index (χ1v) is 3.31. The third-order valence-electron chi connectivity index (χ3n) is 0.808. The van der Waals surface area contributed by atoms with Gasteiger partial charge in [-0.15, -0.1) is 0 Å². The molecule has 0 aliphatic heterocycles. The smallest absolute Gasteiger partial charge is 0.232 e. The Morgan fingerprint density at radius 3 is 2.38 bits per heavy atom. The van der Waals surface area contributed by atoms with Gasteiger partial charge in [0.05, 0.1) is 16.1 Å². The molecular weight excluding hydrogens is 170 g/mol. The summed E-state index contributed by atoms with van der Waals surface area (Å²) in [4.78, 5) is 10.6. The maximum Gasteiger partial charge on any atom is 0.232 e. The SMILES string of the molecule is CCCC(=O)N(C)Br. The number of halogens is 1. The summed E-state index contributed by atoms with van der Waals surface area (Å²) in [7, 11) is 1.69. The van der Waals surface area contributed by atoms with Crippen molar-refractivity contribution in [2.75, 3.05) is 7.05 Å². The van der Waals surface area contributed by atoms with Crippen molar-refractivity contribution in [3.05, 3.63) is 0 Å². The van der Waals surface area contributed by atoms with E-state index in [4.69, 9.17) is 0 Å². The minimum atomic E-state index is 0.132. The standard InChI is InChI=1S/C5H10BrNO/c1-3-4-5(8)7(2)6/h3-4H2,1-2H3. The number of hydrogen-bond donors (Lipinski definition) is 0. The number of hydrogen-bond acceptors (Lipinski definition) is 1. The van der Waals surface area contributed by atoms with E-state index < -0.39 is 0 Å². The zero-order valence-electron chi connectivity index (χ0n) is 5.15. The molecule has 0 aromatic carbocycles. The van der Waals surface area contributed by atoms with E-state index in [1.165, 1.54) is 3.93 Å². The lowest BCUT2D eigenvalue weighted by molar-refractivity contribution is -0.124. The molecule has 48 valence electrons. The first kappa shape index (κ1) is 7.95. The summed E-state index contributed by atoms with van der Waals surface area (Å²) in [6.07, 6.45) is 1.54. The van der Waals surface area contributed by atoms with Crippen LogP contribution in [0.2, 0.25) is 0 Å². The first-order valence-electron chi connectivity index (χ1n) is 2.60. The van der Waals surface area contributed by atoms with Gasteiger partial charge in [0.25, 0.3) is 0 Å². The highest BCUT2D eigenvalue weighted by molar-refractivity contribution is 9.07. The van der Waals surface area contributed by atoms with Crippen molar-refractivity contribution < 1.29 is 4.79 Å². The van der Waals surface area contributed by atoms with E-state index in [0.717, 1.165) is 6.42 Å². The molecular formula is C5H10BrNO.